The predicted molar refractivity (Wildman–Crippen MR) is 504 cm³/mol. The molecular formula is C110H170O9. The Balaban J connectivity index is 0.000000178. The monoisotopic (exact) mass is 1640 g/mol. The first-order valence-electron chi connectivity index (χ1n) is 47.0. The first-order valence-corrected chi connectivity index (χ1v) is 47.0. The lowest BCUT2D eigenvalue weighted by Gasteiger charge is -2.35. The summed E-state index contributed by atoms with van der Waals surface area (Å²) < 4.78 is 43.3. The van der Waals surface area contributed by atoms with Gasteiger partial charge in [0.1, 0.15) is 62.4 Å². The van der Waals surface area contributed by atoms with E-state index in [4.69, 9.17) is 33.2 Å². The minimum atomic E-state index is -0.889. The van der Waals surface area contributed by atoms with E-state index >= 15 is 0 Å². The smallest absolute Gasteiger partial charge is 0.165 e. The van der Waals surface area contributed by atoms with E-state index in [-0.39, 0.29) is 39.5 Å². The van der Waals surface area contributed by atoms with Crippen LogP contribution in [-0.2, 0) is 5.60 Å². The first kappa shape index (κ1) is 98.3. The largest absolute Gasteiger partial charge is 0.493 e. The lowest BCUT2D eigenvalue weighted by Crippen LogP contribution is -2.27. The van der Waals surface area contributed by atoms with Gasteiger partial charge in [-0.25, -0.2) is 0 Å². The summed E-state index contributed by atoms with van der Waals surface area (Å²) in [6, 6.07) is 39.0. The molecule has 7 fully saturated rings. The second-order valence-corrected chi connectivity index (χ2v) is 44.7. The SMILES string of the molecule is CC(C)c1cccc(C(C)C2(O)CC2)c1OC(C)(C)C.CC(C)c1cccc(C(C)C2CCC2)c1OC(C)(C)C.CC(C)c1cccc(C(C2CC2)C2CC2)c1OC(C)(C)C.CC(c1cccc(C(C)(C)O)c1OC(C)(C)C)C1CC1.CCC(c1cccc(C(C)C)c1OC(C)(C)C)C1CC1.COc1cccc(C(C)C2CC2)c1OC(C)(C)C. The van der Waals surface area contributed by atoms with Crippen LogP contribution in [0.1, 0.15) is 452 Å². The fraction of sp³-hybridized carbons (Fsp3) is 0.673. The van der Waals surface area contributed by atoms with Gasteiger partial charge in [0.25, 0.3) is 0 Å². The Morgan fingerprint density at radius 3 is 0.899 bits per heavy atom. The molecule has 7 aliphatic carbocycles. The van der Waals surface area contributed by atoms with Crippen molar-refractivity contribution >= 4 is 0 Å². The summed E-state index contributed by atoms with van der Waals surface area (Å²) in [5, 5.41) is 20.9. The maximum Gasteiger partial charge on any atom is 0.165 e. The maximum absolute atomic E-state index is 10.4. The van der Waals surface area contributed by atoms with Gasteiger partial charge < -0.3 is 43.4 Å². The molecule has 0 heterocycles. The molecule has 2 N–H and O–H groups in total. The summed E-state index contributed by atoms with van der Waals surface area (Å²) in [5.41, 5.74) is 11.7. The van der Waals surface area contributed by atoms with Crippen molar-refractivity contribution in [2.45, 2.75) is 435 Å². The van der Waals surface area contributed by atoms with Crippen molar-refractivity contribution in [3.8, 4) is 40.2 Å². The average Bonchev–Trinajstić information content (AvgIpc) is 1.63. The van der Waals surface area contributed by atoms with Crippen molar-refractivity contribution < 1.29 is 43.4 Å². The van der Waals surface area contributed by atoms with Crippen LogP contribution >= 0.6 is 0 Å². The van der Waals surface area contributed by atoms with Crippen molar-refractivity contribution in [2.24, 2.45) is 35.5 Å². The molecule has 664 valence electrons. The van der Waals surface area contributed by atoms with E-state index < -0.39 is 11.2 Å². The van der Waals surface area contributed by atoms with Crippen molar-refractivity contribution in [1.82, 2.24) is 0 Å². The number of hydrogen-bond acceptors (Lipinski definition) is 9. The van der Waals surface area contributed by atoms with Gasteiger partial charge >= 0.3 is 0 Å². The van der Waals surface area contributed by atoms with Gasteiger partial charge in [-0.3, -0.25) is 0 Å². The summed E-state index contributed by atoms with van der Waals surface area (Å²) in [7, 11) is 1.70. The molecule has 7 saturated carbocycles. The molecule has 0 aromatic heterocycles. The molecule has 0 aliphatic heterocycles. The van der Waals surface area contributed by atoms with E-state index in [1.165, 1.54) is 146 Å². The molecule has 9 heteroatoms. The summed E-state index contributed by atoms with van der Waals surface area (Å²) >= 11 is 0. The van der Waals surface area contributed by atoms with Crippen molar-refractivity contribution in [3.63, 3.8) is 0 Å². The fourth-order valence-corrected chi connectivity index (χ4v) is 17.2. The van der Waals surface area contributed by atoms with Crippen LogP contribution in [0.5, 0.6) is 40.2 Å². The Morgan fingerprint density at radius 1 is 0.319 bits per heavy atom. The molecule has 5 atom stereocenters. The standard InChI is InChI=1S/C20H30O.2C19H30O.2C18H28O2.C16H24O2/c1-13(2)16-7-6-8-17(19(16)21-20(3,4)5)18(14-9-10-14)15-11-12-15;1-13(2)16-11-8-12-17(14(3)15-9-7-10-15)18(16)20-19(4,5)6;1-7-15(14-11-12-14)17-10-8-9-16(13(2)3)18(17)20-19(4,5)6;1-12(13-10-11-13)14-8-7-9-15(18(5,6)19)16(14)20-17(2,3)4;1-12(2)14-8-7-9-15(13(3)18(19)10-11-18)16(14)20-17(4,5)6;1-11(12-9-10-12)13-7-6-8-14(17-5)15(13)18-16(2,3)4/h6-8,13-15,18H,9-12H2,1-5H3;8,11-15H,7,9-10H2,1-6H3;8-10,13-15H,7,11-12H2,1-6H3;2*7-9,12-13,19H,10-11H2,1-6H3;6-8,11-12H,9-10H2,1-5H3. The first-order chi connectivity index (χ1) is 55.1. The molecule has 0 radical (unpaired) electrons. The van der Waals surface area contributed by atoms with Crippen LogP contribution < -0.4 is 33.2 Å². The van der Waals surface area contributed by atoms with Gasteiger partial charge in [0.15, 0.2) is 11.5 Å². The van der Waals surface area contributed by atoms with Gasteiger partial charge in [0.2, 0.25) is 0 Å². The Morgan fingerprint density at radius 2 is 0.588 bits per heavy atom. The van der Waals surface area contributed by atoms with E-state index in [0.29, 0.717) is 47.3 Å². The quantitative estimate of drug-likeness (QED) is 0.0549. The Bertz CT molecular complexity index is 4070. The highest BCUT2D eigenvalue weighted by molar-refractivity contribution is 5.53. The molecular weight excluding hydrogens is 1470 g/mol. The molecule has 119 heavy (non-hydrogen) atoms. The Kier molecular flexibility index (Phi) is 33.2. The van der Waals surface area contributed by atoms with E-state index in [9.17, 15) is 10.2 Å². The molecule has 6 aromatic rings. The van der Waals surface area contributed by atoms with Gasteiger partial charge in [-0.15, -0.1) is 0 Å². The van der Waals surface area contributed by atoms with E-state index in [1.807, 2.05) is 32.0 Å². The topological polar surface area (TPSA) is 105 Å². The number of aliphatic hydroxyl groups is 2. The highest BCUT2D eigenvalue weighted by Crippen LogP contribution is 2.58. The third-order valence-electron chi connectivity index (χ3n) is 24.8. The minimum absolute atomic E-state index is 0.124. The van der Waals surface area contributed by atoms with Crippen LogP contribution in [0.15, 0.2) is 109 Å². The number of hydrogen-bond donors (Lipinski definition) is 2. The summed E-state index contributed by atoms with van der Waals surface area (Å²) in [4.78, 5) is 0. The van der Waals surface area contributed by atoms with E-state index in [1.54, 1.807) is 7.11 Å². The fourth-order valence-electron chi connectivity index (χ4n) is 17.2. The van der Waals surface area contributed by atoms with Gasteiger partial charge in [-0.2, -0.15) is 0 Å². The van der Waals surface area contributed by atoms with Crippen LogP contribution in [0.4, 0.5) is 0 Å². The second kappa shape index (κ2) is 40.2. The van der Waals surface area contributed by atoms with Crippen LogP contribution in [0.3, 0.4) is 0 Å². The van der Waals surface area contributed by atoms with Gasteiger partial charge in [-0.1, -0.05) is 200 Å². The summed E-state index contributed by atoms with van der Waals surface area (Å²) in [6.07, 6.45) is 20.9. The van der Waals surface area contributed by atoms with Crippen molar-refractivity contribution in [3.05, 3.63) is 170 Å². The molecule has 5 unspecified atom stereocenters. The summed E-state index contributed by atoms with van der Waals surface area (Å²) in [6.45, 7) is 70.9. The van der Waals surface area contributed by atoms with Gasteiger partial charge in [0, 0.05) is 22.6 Å². The summed E-state index contributed by atoms with van der Waals surface area (Å²) in [5.74, 6) is 17.4. The highest BCUT2D eigenvalue weighted by Gasteiger charge is 2.48. The minimum Gasteiger partial charge on any atom is -0.493 e. The number of para-hydroxylation sites is 6. The average molecular weight is 1640 g/mol. The predicted octanol–water partition coefficient (Wildman–Crippen LogP) is 31.3. The normalized spacial score (nSPS) is 18.2. The molecule has 6 aromatic carbocycles. The van der Waals surface area contributed by atoms with Crippen LogP contribution in [0, 0.1) is 35.5 Å². The number of rotatable bonds is 26. The Hall–Kier alpha value is -6.16. The van der Waals surface area contributed by atoms with Crippen LogP contribution in [-0.4, -0.2) is 56.5 Å². The number of methoxy groups -OCH3 is 1. The third kappa shape index (κ3) is 29.5. The van der Waals surface area contributed by atoms with E-state index in [0.717, 1.165) is 99.9 Å². The molecule has 0 spiro atoms. The molecule has 0 bridgehead atoms. The zero-order chi connectivity index (χ0) is 88.6. The second-order valence-electron chi connectivity index (χ2n) is 44.7. The lowest BCUT2D eigenvalue weighted by atomic mass is 9.73. The molecule has 0 saturated heterocycles. The molecule has 9 nitrogen and oxygen atoms in total. The van der Waals surface area contributed by atoms with Crippen molar-refractivity contribution in [1.29, 1.82) is 0 Å². The third-order valence-corrected chi connectivity index (χ3v) is 24.8. The zero-order valence-corrected chi connectivity index (χ0v) is 81.7. The Labute approximate surface area is 727 Å². The zero-order valence-electron chi connectivity index (χ0n) is 81.7. The lowest BCUT2D eigenvalue weighted by molar-refractivity contribution is 0.0651. The number of benzene rings is 6. The molecule has 13 rings (SSSR count). The number of ether oxygens (including phenoxy) is 7. The molecule has 7 aliphatic rings. The van der Waals surface area contributed by atoms with Gasteiger partial charge in [0.05, 0.1) is 18.3 Å². The van der Waals surface area contributed by atoms with Crippen LogP contribution in [0.25, 0.3) is 0 Å². The maximum atomic E-state index is 10.4. The van der Waals surface area contributed by atoms with Crippen molar-refractivity contribution in [2.75, 3.05) is 7.11 Å². The van der Waals surface area contributed by atoms with Crippen LogP contribution in [0.2, 0.25) is 0 Å². The highest BCUT2D eigenvalue weighted by atomic mass is 16.5. The van der Waals surface area contributed by atoms with E-state index in [2.05, 4.69) is 306 Å². The van der Waals surface area contributed by atoms with Gasteiger partial charge in [-0.05, 0) is 374 Å². The molecule has 0 amide bonds.